The zero-order chi connectivity index (χ0) is 19.9. The molecular weight excluding hydrogens is 356 g/mol. The molecule has 156 valence electrons. The number of rotatable bonds is 4. The third-order valence-electron chi connectivity index (χ3n) is 6.31. The molecule has 6 rings (SSSR count). The third-order valence-corrected chi connectivity index (χ3v) is 6.31. The second-order valence-corrected chi connectivity index (χ2v) is 8.19. The first-order valence-corrected chi connectivity index (χ1v) is 10.8. The van der Waals surface area contributed by atoms with Crippen molar-refractivity contribution in [2.45, 2.75) is 64.5 Å². The maximum atomic E-state index is 11.2. The Balaban J connectivity index is 0.000000161. The summed E-state index contributed by atoms with van der Waals surface area (Å²) in [5.41, 5.74) is 0. The lowest BCUT2D eigenvalue weighted by Crippen LogP contribution is -2.45. The van der Waals surface area contributed by atoms with Crippen LogP contribution in [-0.2, 0) is 9.47 Å². The third kappa shape index (κ3) is 5.52. The molecule has 0 aliphatic heterocycles. The Labute approximate surface area is 168 Å². The molecule has 28 heavy (non-hydrogen) atoms. The van der Waals surface area contributed by atoms with E-state index in [1.165, 1.54) is 25.7 Å². The zero-order valence-corrected chi connectivity index (χ0v) is 17.1. The van der Waals surface area contributed by atoms with Gasteiger partial charge >= 0.3 is 12.2 Å². The van der Waals surface area contributed by atoms with E-state index in [-0.39, 0.29) is 12.2 Å². The highest BCUT2D eigenvalue weighted by Gasteiger charge is 2.33. The van der Waals surface area contributed by atoms with Crippen molar-refractivity contribution < 1.29 is 19.1 Å². The van der Waals surface area contributed by atoms with Gasteiger partial charge in [-0.1, -0.05) is 24.3 Å². The molecule has 6 nitrogen and oxygen atoms in total. The normalized spacial score (nSPS) is 34.2. The number of alkyl carbamates (subject to hydrolysis) is 2. The summed E-state index contributed by atoms with van der Waals surface area (Å²) >= 11 is 0. The van der Waals surface area contributed by atoms with Crippen molar-refractivity contribution in [1.29, 1.82) is 0 Å². The monoisotopic (exact) mass is 390 g/mol. The van der Waals surface area contributed by atoms with Gasteiger partial charge in [-0.2, -0.15) is 0 Å². The molecule has 0 spiro atoms. The Morgan fingerprint density at radius 3 is 1.43 bits per heavy atom. The van der Waals surface area contributed by atoms with Crippen molar-refractivity contribution in [2.24, 2.45) is 23.7 Å². The molecule has 2 fully saturated rings. The summed E-state index contributed by atoms with van der Waals surface area (Å²) in [5, 5.41) is 5.88. The van der Waals surface area contributed by atoms with Crippen LogP contribution in [0.15, 0.2) is 24.3 Å². The Hall–Kier alpha value is -1.98. The summed E-state index contributed by atoms with van der Waals surface area (Å²) in [5.74, 6) is 2.41. The Morgan fingerprint density at radius 1 is 0.750 bits per heavy atom. The molecule has 6 aliphatic rings. The minimum atomic E-state index is -0.265. The number of ether oxygens (including phenoxy) is 2. The minimum absolute atomic E-state index is 0.265. The van der Waals surface area contributed by atoms with Gasteiger partial charge in [-0.05, 0) is 76.0 Å². The predicted molar refractivity (Wildman–Crippen MR) is 108 cm³/mol. The van der Waals surface area contributed by atoms with Crippen LogP contribution >= 0.6 is 0 Å². The second kappa shape index (κ2) is 9.99. The van der Waals surface area contributed by atoms with Gasteiger partial charge in [0, 0.05) is 12.1 Å². The van der Waals surface area contributed by atoms with Crippen LogP contribution in [0.25, 0.3) is 0 Å². The number of allylic oxidation sites excluding steroid dienone is 2. The van der Waals surface area contributed by atoms with E-state index in [0.717, 1.165) is 12.8 Å². The van der Waals surface area contributed by atoms with Crippen LogP contribution in [0.1, 0.15) is 52.4 Å². The number of amides is 2. The van der Waals surface area contributed by atoms with Crippen molar-refractivity contribution in [3.05, 3.63) is 24.3 Å². The molecule has 0 aromatic rings. The average molecular weight is 391 g/mol. The lowest BCUT2D eigenvalue weighted by molar-refractivity contribution is 0.136. The van der Waals surface area contributed by atoms with Gasteiger partial charge in [-0.25, -0.2) is 9.59 Å². The van der Waals surface area contributed by atoms with Crippen LogP contribution in [0.4, 0.5) is 9.59 Å². The lowest BCUT2D eigenvalue weighted by Gasteiger charge is -2.37. The van der Waals surface area contributed by atoms with Crippen molar-refractivity contribution in [3.8, 4) is 0 Å². The molecule has 2 saturated carbocycles. The van der Waals surface area contributed by atoms with Gasteiger partial charge in [0.1, 0.15) is 0 Å². The summed E-state index contributed by atoms with van der Waals surface area (Å²) in [6.07, 6.45) is 15.7. The highest BCUT2D eigenvalue weighted by molar-refractivity contribution is 5.68. The molecule has 6 atom stereocenters. The molecule has 6 heteroatoms. The van der Waals surface area contributed by atoms with Gasteiger partial charge < -0.3 is 20.1 Å². The molecular formula is C22H34N2O4. The van der Waals surface area contributed by atoms with E-state index < -0.39 is 0 Å². The number of fused-ring (bicyclic) bond motifs is 4. The standard InChI is InChI=1S/2C11H17NO2/c2*1-2-14-11(13)12-10-7-8-3-5-9(10)6-4-8/h2*3,5,8-10H,2,4,6-7H2,1H3,(H,12,13). The summed E-state index contributed by atoms with van der Waals surface area (Å²) < 4.78 is 9.76. The quantitative estimate of drug-likeness (QED) is 0.706. The van der Waals surface area contributed by atoms with Crippen LogP contribution in [0.2, 0.25) is 0 Å². The smallest absolute Gasteiger partial charge is 0.407 e. The summed E-state index contributed by atoms with van der Waals surface area (Å²) in [6.45, 7) is 4.55. The fourth-order valence-corrected chi connectivity index (χ4v) is 4.84. The summed E-state index contributed by atoms with van der Waals surface area (Å²) in [4.78, 5) is 22.5. The number of nitrogens with one attached hydrogen (secondary N) is 2. The van der Waals surface area contributed by atoms with E-state index in [9.17, 15) is 9.59 Å². The topological polar surface area (TPSA) is 76.7 Å². The first kappa shape index (κ1) is 20.7. The van der Waals surface area contributed by atoms with Crippen LogP contribution in [0, 0.1) is 23.7 Å². The molecule has 6 unspecified atom stereocenters. The fraction of sp³-hybridized carbons (Fsp3) is 0.727. The number of carbonyl (C=O) groups excluding carboxylic acids is 2. The fourth-order valence-electron chi connectivity index (χ4n) is 4.84. The Kier molecular flexibility index (Phi) is 7.40. The largest absolute Gasteiger partial charge is 0.450 e. The first-order chi connectivity index (χ1) is 13.6. The van der Waals surface area contributed by atoms with E-state index in [0.29, 0.717) is 49.0 Å². The summed E-state index contributed by atoms with van der Waals surface area (Å²) in [6, 6.07) is 0.607. The molecule has 0 heterocycles. The maximum Gasteiger partial charge on any atom is 0.407 e. The lowest BCUT2D eigenvalue weighted by atomic mass is 9.73. The van der Waals surface area contributed by atoms with Gasteiger partial charge in [-0.3, -0.25) is 0 Å². The minimum Gasteiger partial charge on any atom is -0.450 e. The van der Waals surface area contributed by atoms with Crippen LogP contribution in [0.3, 0.4) is 0 Å². The van der Waals surface area contributed by atoms with Crippen molar-refractivity contribution in [1.82, 2.24) is 10.6 Å². The second-order valence-electron chi connectivity index (χ2n) is 8.19. The van der Waals surface area contributed by atoms with E-state index in [1.807, 2.05) is 13.8 Å². The molecule has 0 aromatic carbocycles. The van der Waals surface area contributed by atoms with Gasteiger partial charge in [0.2, 0.25) is 0 Å². The van der Waals surface area contributed by atoms with Crippen LogP contribution in [0.5, 0.6) is 0 Å². The Bertz CT molecular complexity index is 551. The first-order valence-electron chi connectivity index (χ1n) is 10.8. The van der Waals surface area contributed by atoms with Gasteiger partial charge in [0.25, 0.3) is 0 Å². The molecule has 4 bridgehead atoms. The highest BCUT2D eigenvalue weighted by Crippen LogP contribution is 2.36. The zero-order valence-electron chi connectivity index (χ0n) is 17.1. The van der Waals surface area contributed by atoms with Crippen LogP contribution in [-0.4, -0.2) is 37.5 Å². The maximum absolute atomic E-state index is 11.2. The molecule has 2 amide bonds. The molecule has 0 aromatic heterocycles. The van der Waals surface area contributed by atoms with Crippen LogP contribution < -0.4 is 10.6 Å². The molecule has 0 radical (unpaired) electrons. The number of carbonyl (C=O) groups is 2. The van der Waals surface area contributed by atoms with Crippen molar-refractivity contribution in [3.63, 3.8) is 0 Å². The van der Waals surface area contributed by atoms with Gasteiger partial charge in [-0.15, -0.1) is 0 Å². The molecule has 6 aliphatic carbocycles. The summed E-state index contributed by atoms with van der Waals surface area (Å²) in [7, 11) is 0. The van der Waals surface area contributed by atoms with E-state index in [1.54, 1.807) is 0 Å². The number of hydrogen-bond donors (Lipinski definition) is 2. The molecule has 2 N–H and O–H groups in total. The van der Waals surface area contributed by atoms with Crippen molar-refractivity contribution >= 4 is 12.2 Å². The average Bonchev–Trinajstić information content (AvgIpc) is 2.71. The van der Waals surface area contributed by atoms with Gasteiger partial charge in [0.15, 0.2) is 0 Å². The molecule has 0 saturated heterocycles. The Morgan fingerprint density at radius 2 is 1.18 bits per heavy atom. The van der Waals surface area contributed by atoms with Gasteiger partial charge in [0.05, 0.1) is 13.2 Å². The van der Waals surface area contributed by atoms with E-state index in [4.69, 9.17) is 9.47 Å². The van der Waals surface area contributed by atoms with Crippen molar-refractivity contribution in [2.75, 3.05) is 13.2 Å². The highest BCUT2D eigenvalue weighted by atomic mass is 16.6. The number of hydrogen-bond acceptors (Lipinski definition) is 4. The van der Waals surface area contributed by atoms with E-state index >= 15 is 0 Å². The SMILES string of the molecule is CCOC(=O)NC1CC2C=CC1CC2.CCOC(=O)NC1CC2C=CC1CC2. The predicted octanol–water partition coefficient (Wildman–Crippen LogP) is 4.17. The van der Waals surface area contributed by atoms with E-state index in [2.05, 4.69) is 34.9 Å².